The molecule has 6 heteroatoms. The van der Waals surface area contributed by atoms with Gasteiger partial charge in [0.05, 0.1) is 26.4 Å². The molecule has 132 valence electrons. The van der Waals surface area contributed by atoms with Gasteiger partial charge in [0.25, 0.3) is 0 Å². The number of rotatable bonds is 4. The summed E-state index contributed by atoms with van der Waals surface area (Å²) in [7, 11) is 0. The van der Waals surface area contributed by atoms with Gasteiger partial charge < -0.3 is 24.4 Å². The Hall–Kier alpha value is -0.850. The van der Waals surface area contributed by atoms with E-state index < -0.39 is 5.79 Å². The molecule has 2 heterocycles. The van der Waals surface area contributed by atoms with E-state index in [9.17, 15) is 4.79 Å². The minimum atomic E-state index is -0.490. The van der Waals surface area contributed by atoms with Gasteiger partial charge in [-0.15, -0.1) is 0 Å². The van der Waals surface area contributed by atoms with Crippen LogP contribution < -0.4 is 5.32 Å². The number of nitrogens with zero attached hydrogens (tertiary/aromatic N) is 1. The molecule has 2 aliphatic heterocycles. The number of urea groups is 1. The van der Waals surface area contributed by atoms with E-state index in [1.165, 1.54) is 19.3 Å². The van der Waals surface area contributed by atoms with Crippen LogP contribution in [-0.2, 0) is 14.2 Å². The van der Waals surface area contributed by atoms with Crippen LogP contribution in [0.15, 0.2) is 0 Å². The molecule has 3 aliphatic rings. The van der Waals surface area contributed by atoms with Crippen molar-refractivity contribution in [3.8, 4) is 0 Å². The first-order chi connectivity index (χ1) is 11.0. The van der Waals surface area contributed by atoms with Crippen molar-refractivity contribution in [3.63, 3.8) is 0 Å². The fraction of sp³-hybridized carbons (Fsp3) is 0.941. The molecule has 0 aromatic heterocycles. The Morgan fingerprint density at radius 2 is 2.00 bits per heavy atom. The molecular formula is C17H30N2O4. The summed E-state index contributed by atoms with van der Waals surface area (Å²) in [5.41, 5.74) is 0.221. The predicted octanol–water partition coefficient (Wildman–Crippen LogP) is 1.99. The Bertz CT molecular complexity index is 419. The van der Waals surface area contributed by atoms with Crippen LogP contribution in [0, 0.1) is 11.3 Å². The van der Waals surface area contributed by atoms with Crippen molar-refractivity contribution >= 4 is 6.03 Å². The Kier molecular flexibility index (Phi) is 5.13. The van der Waals surface area contributed by atoms with Gasteiger partial charge in [-0.3, -0.25) is 0 Å². The maximum atomic E-state index is 12.5. The van der Waals surface area contributed by atoms with Gasteiger partial charge in [0.15, 0.2) is 5.79 Å². The summed E-state index contributed by atoms with van der Waals surface area (Å²) in [6.07, 6.45) is 4.41. The molecule has 1 saturated carbocycles. The summed E-state index contributed by atoms with van der Waals surface area (Å²) >= 11 is 0. The van der Waals surface area contributed by atoms with Crippen molar-refractivity contribution in [2.75, 3.05) is 46.1 Å². The average Bonchev–Trinajstić information content (AvgIpc) is 2.77. The van der Waals surface area contributed by atoms with Crippen LogP contribution in [0.5, 0.6) is 0 Å². The highest BCUT2D eigenvalue weighted by Gasteiger charge is 2.41. The molecule has 1 spiro atoms. The molecule has 3 rings (SSSR count). The molecule has 1 aliphatic carbocycles. The van der Waals surface area contributed by atoms with E-state index in [2.05, 4.69) is 12.2 Å². The topological polar surface area (TPSA) is 60.0 Å². The highest BCUT2D eigenvalue weighted by molar-refractivity contribution is 5.74. The summed E-state index contributed by atoms with van der Waals surface area (Å²) < 4.78 is 17.0. The van der Waals surface area contributed by atoms with Gasteiger partial charge in [0, 0.05) is 31.5 Å². The van der Waals surface area contributed by atoms with Crippen molar-refractivity contribution in [1.29, 1.82) is 0 Å². The monoisotopic (exact) mass is 326 g/mol. The molecule has 1 atom stereocenters. The van der Waals surface area contributed by atoms with Gasteiger partial charge in [-0.2, -0.15) is 0 Å². The third-order valence-electron chi connectivity index (χ3n) is 5.36. The summed E-state index contributed by atoms with van der Waals surface area (Å²) in [5, 5.41) is 3.08. The van der Waals surface area contributed by atoms with Crippen LogP contribution in [-0.4, -0.2) is 62.8 Å². The lowest BCUT2D eigenvalue weighted by atomic mass is 9.69. The van der Waals surface area contributed by atoms with E-state index >= 15 is 0 Å². The maximum absolute atomic E-state index is 12.5. The van der Waals surface area contributed by atoms with Crippen LogP contribution in [0.1, 0.15) is 39.5 Å². The molecule has 1 unspecified atom stereocenters. The molecule has 0 bridgehead atoms. The fourth-order valence-corrected chi connectivity index (χ4v) is 3.90. The van der Waals surface area contributed by atoms with Gasteiger partial charge in [-0.1, -0.05) is 13.3 Å². The largest absolute Gasteiger partial charge is 0.379 e. The Morgan fingerprint density at radius 3 is 2.65 bits per heavy atom. The second-order valence-corrected chi connectivity index (χ2v) is 7.65. The molecular weight excluding hydrogens is 296 g/mol. The van der Waals surface area contributed by atoms with Crippen LogP contribution in [0.4, 0.5) is 4.79 Å². The third kappa shape index (κ3) is 4.17. The Morgan fingerprint density at radius 1 is 1.26 bits per heavy atom. The molecule has 6 nitrogen and oxygen atoms in total. The number of hydrogen-bond acceptors (Lipinski definition) is 4. The Balaban J connectivity index is 1.44. The second-order valence-electron chi connectivity index (χ2n) is 7.65. The minimum Gasteiger partial charge on any atom is -0.379 e. The number of carbonyl (C=O) groups excluding carboxylic acids is 1. The van der Waals surface area contributed by atoms with E-state index in [0.29, 0.717) is 38.8 Å². The molecule has 0 aromatic carbocycles. The summed E-state index contributed by atoms with van der Waals surface area (Å²) in [6.45, 7) is 9.02. The standard InChI is InChI=1S/C17H30N2O4/c1-14(10-16(2)22-8-9-23-16)11-18-15(20)19-6-7-21-13-17(12-19)4-3-5-17/h14H,3-13H2,1-2H3,(H,18,20). The summed E-state index contributed by atoms with van der Waals surface area (Å²) in [5.74, 6) is -0.181. The molecule has 23 heavy (non-hydrogen) atoms. The zero-order valence-corrected chi connectivity index (χ0v) is 14.4. The number of amides is 2. The van der Waals surface area contributed by atoms with Crippen molar-refractivity contribution < 1.29 is 19.0 Å². The third-order valence-corrected chi connectivity index (χ3v) is 5.36. The van der Waals surface area contributed by atoms with E-state index in [1.807, 2.05) is 11.8 Å². The number of carbonyl (C=O) groups is 1. The first-order valence-electron chi connectivity index (χ1n) is 8.89. The first-order valence-corrected chi connectivity index (χ1v) is 8.89. The first kappa shape index (κ1) is 17.0. The number of ether oxygens (including phenoxy) is 3. The Labute approximate surface area is 138 Å². The minimum absolute atomic E-state index is 0.0343. The van der Waals surface area contributed by atoms with Crippen LogP contribution in [0.2, 0.25) is 0 Å². The quantitative estimate of drug-likeness (QED) is 0.858. The lowest BCUT2D eigenvalue weighted by Gasteiger charge is -2.42. The second kappa shape index (κ2) is 6.95. The average molecular weight is 326 g/mol. The number of nitrogens with one attached hydrogen (secondary N) is 1. The highest BCUT2D eigenvalue weighted by atomic mass is 16.7. The predicted molar refractivity (Wildman–Crippen MR) is 86.2 cm³/mol. The van der Waals surface area contributed by atoms with Crippen molar-refractivity contribution in [1.82, 2.24) is 10.2 Å². The zero-order chi connectivity index (χ0) is 16.3. The smallest absolute Gasteiger partial charge is 0.317 e. The van der Waals surface area contributed by atoms with Crippen molar-refractivity contribution in [2.45, 2.75) is 45.3 Å². The summed E-state index contributed by atoms with van der Waals surface area (Å²) in [4.78, 5) is 14.4. The maximum Gasteiger partial charge on any atom is 0.317 e. The molecule has 2 saturated heterocycles. The molecule has 0 aromatic rings. The molecule has 1 N–H and O–H groups in total. The molecule has 3 fully saturated rings. The van der Waals surface area contributed by atoms with Gasteiger partial charge in [-0.25, -0.2) is 4.79 Å². The van der Waals surface area contributed by atoms with Gasteiger partial charge in [0.2, 0.25) is 0 Å². The normalized spacial score (nSPS) is 27.3. The van der Waals surface area contributed by atoms with E-state index in [0.717, 1.165) is 19.6 Å². The van der Waals surface area contributed by atoms with Crippen LogP contribution in [0.25, 0.3) is 0 Å². The number of hydrogen-bond donors (Lipinski definition) is 1. The lowest BCUT2D eigenvalue weighted by Crippen LogP contribution is -2.49. The van der Waals surface area contributed by atoms with E-state index in [-0.39, 0.29) is 11.4 Å². The van der Waals surface area contributed by atoms with Gasteiger partial charge in [-0.05, 0) is 25.7 Å². The SMILES string of the molecule is CC(CNC(=O)N1CCOCC2(CCC2)C1)CC1(C)OCCO1. The lowest BCUT2D eigenvalue weighted by molar-refractivity contribution is -0.153. The summed E-state index contributed by atoms with van der Waals surface area (Å²) in [6, 6.07) is 0.0343. The zero-order valence-electron chi connectivity index (χ0n) is 14.4. The van der Waals surface area contributed by atoms with Crippen molar-refractivity contribution in [3.05, 3.63) is 0 Å². The van der Waals surface area contributed by atoms with Gasteiger partial charge >= 0.3 is 6.03 Å². The van der Waals surface area contributed by atoms with E-state index in [1.54, 1.807) is 0 Å². The van der Waals surface area contributed by atoms with Gasteiger partial charge in [0.1, 0.15) is 0 Å². The van der Waals surface area contributed by atoms with Crippen LogP contribution >= 0.6 is 0 Å². The van der Waals surface area contributed by atoms with E-state index in [4.69, 9.17) is 14.2 Å². The highest BCUT2D eigenvalue weighted by Crippen LogP contribution is 2.42. The van der Waals surface area contributed by atoms with Crippen molar-refractivity contribution in [2.24, 2.45) is 11.3 Å². The molecule has 2 amide bonds. The molecule has 0 radical (unpaired) electrons. The fourth-order valence-electron chi connectivity index (χ4n) is 3.90. The van der Waals surface area contributed by atoms with Crippen LogP contribution in [0.3, 0.4) is 0 Å².